The lowest BCUT2D eigenvalue weighted by molar-refractivity contribution is 0.0691. The van der Waals surface area contributed by atoms with Gasteiger partial charge in [-0.15, -0.1) is 0 Å². The highest BCUT2D eigenvalue weighted by atomic mass is 16.5. The minimum Gasteiger partial charge on any atom is -0.383 e. The fraction of sp³-hybridized carbons (Fsp3) is 1.00. The molecule has 13 heavy (non-hydrogen) atoms. The minimum atomic E-state index is 0.256. The van der Waals surface area contributed by atoms with Crippen molar-refractivity contribution in [2.75, 3.05) is 33.4 Å². The number of methoxy groups -OCH3 is 1. The van der Waals surface area contributed by atoms with E-state index in [0.29, 0.717) is 6.04 Å². The Balaban J connectivity index is 2.37. The van der Waals surface area contributed by atoms with Crippen LogP contribution in [0.4, 0.5) is 0 Å². The van der Waals surface area contributed by atoms with Crippen molar-refractivity contribution in [1.29, 1.82) is 0 Å². The molecule has 0 radical (unpaired) electrons. The average Bonchev–Trinajstić information content (AvgIpc) is 2.07. The number of likely N-dealkylation sites (tertiary alicyclic amines) is 1. The van der Waals surface area contributed by atoms with Gasteiger partial charge >= 0.3 is 0 Å². The van der Waals surface area contributed by atoms with Gasteiger partial charge in [-0.3, -0.25) is 0 Å². The first-order valence-electron chi connectivity index (χ1n) is 5.03. The quantitative estimate of drug-likeness (QED) is 0.705. The Morgan fingerprint density at radius 3 is 2.77 bits per heavy atom. The molecule has 0 spiro atoms. The summed E-state index contributed by atoms with van der Waals surface area (Å²) in [7, 11) is 1.75. The first-order chi connectivity index (χ1) is 6.06. The SMILES string of the molecule is COCCN1CCC(N)C(C)(C)C1. The molecule has 2 N–H and O–H groups in total. The minimum absolute atomic E-state index is 0.256. The second kappa shape index (κ2) is 4.40. The molecule has 3 heteroatoms. The van der Waals surface area contributed by atoms with Crippen molar-refractivity contribution >= 4 is 0 Å². The summed E-state index contributed by atoms with van der Waals surface area (Å²) in [6, 6.07) is 0.353. The van der Waals surface area contributed by atoms with Crippen molar-refractivity contribution in [3.63, 3.8) is 0 Å². The lowest BCUT2D eigenvalue weighted by Crippen LogP contribution is -2.52. The second-order valence-electron chi connectivity index (χ2n) is 4.65. The van der Waals surface area contributed by atoms with Crippen LogP contribution in [0.15, 0.2) is 0 Å². The summed E-state index contributed by atoms with van der Waals surface area (Å²) in [5.41, 5.74) is 6.30. The molecule has 1 aliphatic heterocycles. The van der Waals surface area contributed by atoms with Crippen LogP contribution in [0.25, 0.3) is 0 Å². The van der Waals surface area contributed by atoms with Gasteiger partial charge in [0.15, 0.2) is 0 Å². The highest BCUT2D eigenvalue weighted by molar-refractivity contribution is 4.89. The van der Waals surface area contributed by atoms with Crippen molar-refractivity contribution in [3.8, 4) is 0 Å². The molecule has 1 rings (SSSR count). The van der Waals surface area contributed by atoms with Gasteiger partial charge in [-0.2, -0.15) is 0 Å². The van der Waals surface area contributed by atoms with Gasteiger partial charge in [-0.05, 0) is 18.4 Å². The molecule has 1 atom stereocenters. The molecule has 1 unspecified atom stereocenters. The first kappa shape index (κ1) is 11.0. The highest BCUT2D eigenvalue weighted by Crippen LogP contribution is 2.27. The van der Waals surface area contributed by atoms with E-state index in [1.54, 1.807) is 7.11 Å². The Hall–Kier alpha value is -0.120. The Morgan fingerprint density at radius 2 is 2.23 bits per heavy atom. The molecular formula is C10H22N2O. The van der Waals surface area contributed by atoms with Gasteiger partial charge in [0, 0.05) is 26.2 Å². The summed E-state index contributed by atoms with van der Waals surface area (Å²) >= 11 is 0. The van der Waals surface area contributed by atoms with Gasteiger partial charge in [-0.1, -0.05) is 13.8 Å². The molecule has 78 valence electrons. The molecule has 1 aliphatic rings. The third-order valence-electron chi connectivity index (χ3n) is 3.00. The smallest absolute Gasteiger partial charge is 0.0589 e. The van der Waals surface area contributed by atoms with Crippen LogP contribution in [0, 0.1) is 5.41 Å². The van der Waals surface area contributed by atoms with Crippen molar-refractivity contribution in [2.24, 2.45) is 11.1 Å². The monoisotopic (exact) mass is 186 g/mol. The normalized spacial score (nSPS) is 29.1. The molecule has 0 saturated carbocycles. The molecule has 1 fully saturated rings. The average molecular weight is 186 g/mol. The van der Waals surface area contributed by atoms with E-state index in [2.05, 4.69) is 18.7 Å². The standard InChI is InChI=1S/C10H22N2O/c1-10(2)8-12(6-7-13-3)5-4-9(10)11/h9H,4-8,11H2,1-3H3. The van der Waals surface area contributed by atoms with E-state index in [0.717, 1.165) is 32.7 Å². The Labute approximate surface area is 81.2 Å². The number of nitrogens with zero attached hydrogens (tertiary/aromatic N) is 1. The Bertz CT molecular complexity index is 157. The number of hydrogen-bond donors (Lipinski definition) is 1. The van der Waals surface area contributed by atoms with Crippen LogP contribution in [-0.4, -0.2) is 44.3 Å². The third kappa shape index (κ3) is 2.93. The van der Waals surface area contributed by atoms with E-state index >= 15 is 0 Å². The number of hydrogen-bond acceptors (Lipinski definition) is 3. The molecular weight excluding hydrogens is 164 g/mol. The van der Waals surface area contributed by atoms with E-state index in [1.165, 1.54) is 0 Å². The van der Waals surface area contributed by atoms with Gasteiger partial charge in [0.2, 0.25) is 0 Å². The maximum absolute atomic E-state index is 6.05. The van der Waals surface area contributed by atoms with Crippen molar-refractivity contribution in [2.45, 2.75) is 26.3 Å². The summed E-state index contributed by atoms with van der Waals surface area (Å²) in [6.45, 7) is 8.57. The van der Waals surface area contributed by atoms with Crippen LogP contribution in [0.5, 0.6) is 0 Å². The largest absolute Gasteiger partial charge is 0.383 e. The van der Waals surface area contributed by atoms with Gasteiger partial charge in [0.25, 0.3) is 0 Å². The van der Waals surface area contributed by atoms with E-state index in [1.807, 2.05) is 0 Å². The lowest BCUT2D eigenvalue weighted by Gasteiger charge is -2.42. The molecule has 0 aromatic heterocycles. The Kier molecular flexibility index (Phi) is 3.71. The molecule has 0 bridgehead atoms. The summed E-state index contributed by atoms with van der Waals surface area (Å²) in [4.78, 5) is 2.44. The maximum Gasteiger partial charge on any atom is 0.0589 e. The number of ether oxygens (including phenoxy) is 1. The van der Waals surface area contributed by atoms with Crippen LogP contribution >= 0.6 is 0 Å². The number of piperidine rings is 1. The van der Waals surface area contributed by atoms with E-state index in [9.17, 15) is 0 Å². The first-order valence-corrected chi connectivity index (χ1v) is 5.03. The van der Waals surface area contributed by atoms with Gasteiger partial charge in [-0.25, -0.2) is 0 Å². The maximum atomic E-state index is 6.05. The predicted octanol–water partition coefficient (Wildman–Crippen LogP) is 0.692. The lowest BCUT2D eigenvalue weighted by atomic mass is 9.80. The molecule has 0 aliphatic carbocycles. The van der Waals surface area contributed by atoms with Crippen LogP contribution < -0.4 is 5.73 Å². The molecule has 1 heterocycles. The predicted molar refractivity (Wildman–Crippen MR) is 54.7 cm³/mol. The molecule has 0 amide bonds. The van der Waals surface area contributed by atoms with E-state index in [4.69, 9.17) is 10.5 Å². The summed E-state index contributed by atoms with van der Waals surface area (Å²) in [5, 5.41) is 0. The number of rotatable bonds is 3. The third-order valence-corrected chi connectivity index (χ3v) is 3.00. The van der Waals surface area contributed by atoms with Crippen molar-refractivity contribution in [1.82, 2.24) is 4.90 Å². The summed E-state index contributed by atoms with van der Waals surface area (Å²) in [6.07, 6.45) is 1.11. The zero-order valence-corrected chi connectivity index (χ0v) is 9.05. The fourth-order valence-corrected chi connectivity index (χ4v) is 1.90. The summed E-state index contributed by atoms with van der Waals surface area (Å²) in [5.74, 6) is 0. The topological polar surface area (TPSA) is 38.5 Å². The van der Waals surface area contributed by atoms with Crippen molar-refractivity contribution in [3.05, 3.63) is 0 Å². The Morgan fingerprint density at radius 1 is 1.54 bits per heavy atom. The molecule has 0 aromatic carbocycles. The van der Waals surface area contributed by atoms with Crippen LogP contribution in [-0.2, 0) is 4.74 Å². The van der Waals surface area contributed by atoms with Crippen molar-refractivity contribution < 1.29 is 4.74 Å². The van der Waals surface area contributed by atoms with Crippen LogP contribution in [0.1, 0.15) is 20.3 Å². The van der Waals surface area contributed by atoms with Gasteiger partial charge < -0.3 is 15.4 Å². The van der Waals surface area contributed by atoms with Gasteiger partial charge in [0.1, 0.15) is 0 Å². The van der Waals surface area contributed by atoms with Crippen LogP contribution in [0.3, 0.4) is 0 Å². The molecule has 1 saturated heterocycles. The molecule has 3 nitrogen and oxygen atoms in total. The fourth-order valence-electron chi connectivity index (χ4n) is 1.90. The zero-order valence-electron chi connectivity index (χ0n) is 9.05. The molecule has 0 aromatic rings. The highest BCUT2D eigenvalue weighted by Gasteiger charge is 2.32. The van der Waals surface area contributed by atoms with Gasteiger partial charge in [0.05, 0.1) is 6.61 Å². The zero-order chi connectivity index (χ0) is 9.90. The number of nitrogens with two attached hydrogens (primary N) is 1. The summed E-state index contributed by atoms with van der Waals surface area (Å²) < 4.78 is 5.07. The van der Waals surface area contributed by atoms with Crippen LogP contribution in [0.2, 0.25) is 0 Å². The van der Waals surface area contributed by atoms with E-state index < -0.39 is 0 Å². The van der Waals surface area contributed by atoms with E-state index in [-0.39, 0.29) is 5.41 Å². The second-order valence-corrected chi connectivity index (χ2v) is 4.65.